The predicted octanol–water partition coefficient (Wildman–Crippen LogP) is 1.14. The third kappa shape index (κ3) is 0.940. The van der Waals surface area contributed by atoms with Crippen LogP contribution in [0.5, 0.6) is 0 Å². The third-order valence-electron chi connectivity index (χ3n) is 0.918. The zero-order chi connectivity index (χ0) is 6.15. The Bertz CT molecular complexity index is 117. The minimum atomic E-state index is -0.294. The van der Waals surface area contributed by atoms with E-state index < -0.39 is 0 Å². The lowest BCUT2D eigenvalue weighted by molar-refractivity contribution is 0.145. The van der Waals surface area contributed by atoms with Gasteiger partial charge < -0.3 is 4.74 Å². The smallest absolute Gasteiger partial charge is 0.420 e. The molecule has 0 aromatic rings. The Balaban J connectivity index is 2.51. The van der Waals surface area contributed by atoms with Crippen molar-refractivity contribution < 1.29 is 9.53 Å². The minimum absolute atomic E-state index is 0.0295. The quantitative estimate of drug-likeness (QED) is 0.523. The average molecular weight is 180 g/mol. The normalized spacial score (nSPS) is 28.5. The molecule has 8 heavy (non-hydrogen) atoms. The Morgan fingerprint density at radius 2 is 2.62 bits per heavy atom. The van der Waals surface area contributed by atoms with Gasteiger partial charge in [-0.1, -0.05) is 0 Å². The molecule has 1 aliphatic rings. The van der Waals surface area contributed by atoms with Crippen LogP contribution in [0.15, 0.2) is 0 Å². The van der Waals surface area contributed by atoms with Gasteiger partial charge in [0.2, 0.25) is 0 Å². The maximum Gasteiger partial charge on any atom is 0.420 e. The van der Waals surface area contributed by atoms with Crippen LogP contribution in [-0.4, -0.2) is 22.7 Å². The molecule has 0 aromatic carbocycles. The lowest BCUT2D eigenvalue weighted by Gasteiger charge is -1.95. The van der Waals surface area contributed by atoms with E-state index >= 15 is 0 Å². The van der Waals surface area contributed by atoms with Gasteiger partial charge >= 0.3 is 6.09 Å². The molecule has 1 amide bonds. The number of hydrogen-bond acceptors (Lipinski definition) is 2. The first kappa shape index (κ1) is 5.88. The Morgan fingerprint density at radius 1 is 2.00 bits per heavy atom. The van der Waals surface area contributed by atoms with Gasteiger partial charge in [0.25, 0.3) is 0 Å². The van der Waals surface area contributed by atoms with Crippen LogP contribution in [0.2, 0.25) is 0 Å². The van der Waals surface area contributed by atoms with Crippen molar-refractivity contribution in [3.05, 3.63) is 0 Å². The van der Waals surface area contributed by atoms with Crippen LogP contribution in [0.3, 0.4) is 0 Å². The van der Waals surface area contributed by atoms with E-state index in [2.05, 4.69) is 16.1 Å². The van der Waals surface area contributed by atoms with Gasteiger partial charge in [-0.05, 0) is 6.92 Å². The summed E-state index contributed by atoms with van der Waals surface area (Å²) in [5.41, 5.74) is 0. The van der Waals surface area contributed by atoms with E-state index in [0.717, 1.165) is 0 Å². The number of nitrogens with zero attached hydrogens (tertiary/aromatic N) is 1. The summed E-state index contributed by atoms with van der Waals surface area (Å²) in [6.45, 7) is 2.48. The van der Waals surface area contributed by atoms with E-state index in [1.54, 1.807) is 0 Å². The number of amides is 1. The van der Waals surface area contributed by atoms with Crippen LogP contribution >= 0.6 is 16.1 Å². The Kier molecular flexibility index (Phi) is 1.42. The van der Waals surface area contributed by atoms with Gasteiger partial charge in [-0.2, -0.15) is 0 Å². The summed E-state index contributed by atoms with van der Waals surface area (Å²) in [6, 6.07) is 0. The summed E-state index contributed by atoms with van der Waals surface area (Å²) in [5.74, 6) is 0. The van der Waals surface area contributed by atoms with E-state index in [0.29, 0.717) is 6.54 Å². The summed E-state index contributed by atoms with van der Waals surface area (Å²) in [4.78, 5) is 10.4. The second-order valence-corrected chi connectivity index (χ2v) is 2.60. The van der Waals surface area contributed by atoms with Crippen molar-refractivity contribution in [1.82, 2.24) is 3.93 Å². The zero-order valence-electron chi connectivity index (χ0n) is 4.43. The number of ether oxygens (including phenoxy) is 1. The molecule has 46 valence electrons. The van der Waals surface area contributed by atoms with Crippen molar-refractivity contribution in [1.29, 1.82) is 0 Å². The van der Waals surface area contributed by atoms with Gasteiger partial charge in [-0.15, -0.1) is 0 Å². The molecule has 1 fully saturated rings. The first-order chi connectivity index (χ1) is 3.70. The Morgan fingerprint density at radius 3 is 2.75 bits per heavy atom. The Hall–Kier alpha value is -0.250. The van der Waals surface area contributed by atoms with E-state index in [1.165, 1.54) is 3.93 Å². The molecule has 0 N–H and O–H groups in total. The van der Waals surface area contributed by atoms with Crippen LogP contribution in [0.25, 0.3) is 0 Å². The number of hydrogen-bond donors (Lipinski definition) is 0. The molecule has 0 radical (unpaired) electrons. The molecular weight excluding hydrogens is 174 g/mol. The van der Waals surface area contributed by atoms with Crippen LogP contribution in [-0.2, 0) is 4.74 Å². The summed E-state index contributed by atoms with van der Waals surface area (Å²) in [5, 5.41) is 0. The van der Waals surface area contributed by atoms with Crippen molar-refractivity contribution in [2.24, 2.45) is 0 Å². The minimum Gasteiger partial charge on any atom is -0.444 e. The number of carbonyl (C=O) groups excluding carboxylic acids is 1. The van der Waals surface area contributed by atoms with Crippen LogP contribution in [0.1, 0.15) is 6.92 Å². The Labute approximate surface area is 55.9 Å². The second kappa shape index (κ2) is 1.93. The SMILES string of the molecule is CC1CN(Br)C(=O)O1. The molecule has 0 spiro atoms. The fourth-order valence-corrected chi connectivity index (χ4v) is 1.06. The first-order valence-corrected chi connectivity index (χ1v) is 3.05. The molecular formula is C4H6BrNO2. The highest BCUT2D eigenvalue weighted by atomic mass is 79.9. The predicted molar refractivity (Wildman–Crippen MR) is 31.6 cm³/mol. The molecule has 1 rings (SSSR count). The van der Waals surface area contributed by atoms with E-state index in [1.807, 2.05) is 6.92 Å². The van der Waals surface area contributed by atoms with Crippen molar-refractivity contribution in [2.45, 2.75) is 13.0 Å². The fourth-order valence-electron chi connectivity index (χ4n) is 0.567. The molecule has 1 saturated heterocycles. The standard InChI is InChI=1S/C4H6BrNO2/c1-3-2-6(5)4(7)8-3/h3H,2H2,1H3. The highest BCUT2D eigenvalue weighted by molar-refractivity contribution is 9.07. The topological polar surface area (TPSA) is 29.5 Å². The number of carbonyl (C=O) groups is 1. The molecule has 1 unspecified atom stereocenters. The molecule has 1 atom stereocenters. The monoisotopic (exact) mass is 179 g/mol. The summed E-state index contributed by atoms with van der Waals surface area (Å²) >= 11 is 3.00. The van der Waals surface area contributed by atoms with Gasteiger partial charge in [0.05, 0.1) is 22.7 Å². The third-order valence-corrected chi connectivity index (χ3v) is 1.50. The highest BCUT2D eigenvalue weighted by Crippen LogP contribution is 2.13. The van der Waals surface area contributed by atoms with Crippen molar-refractivity contribution in [2.75, 3.05) is 6.54 Å². The van der Waals surface area contributed by atoms with Crippen LogP contribution in [0, 0.1) is 0 Å². The molecule has 1 heterocycles. The van der Waals surface area contributed by atoms with Gasteiger partial charge in [-0.3, -0.25) is 0 Å². The van der Waals surface area contributed by atoms with Gasteiger partial charge in [0.1, 0.15) is 6.10 Å². The van der Waals surface area contributed by atoms with Gasteiger partial charge in [-0.25, -0.2) is 8.72 Å². The lowest BCUT2D eigenvalue weighted by Crippen LogP contribution is -2.10. The molecule has 1 aliphatic heterocycles. The summed E-state index contributed by atoms with van der Waals surface area (Å²) in [7, 11) is 0. The van der Waals surface area contributed by atoms with Gasteiger partial charge in [0, 0.05) is 0 Å². The van der Waals surface area contributed by atoms with Crippen LogP contribution < -0.4 is 0 Å². The maximum atomic E-state index is 10.4. The number of cyclic esters (lactones) is 1. The largest absolute Gasteiger partial charge is 0.444 e. The highest BCUT2D eigenvalue weighted by Gasteiger charge is 2.25. The van der Waals surface area contributed by atoms with Gasteiger partial charge in [0.15, 0.2) is 0 Å². The second-order valence-electron chi connectivity index (χ2n) is 1.74. The average Bonchev–Trinajstić information content (AvgIpc) is 1.85. The first-order valence-electron chi connectivity index (χ1n) is 2.34. The summed E-state index contributed by atoms with van der Waals surface area (Å²) in [6.07, 6.45) is -0.264. The van der Waals surface area contributed by atoms with Crippen molar-refractivity contribution >= 4 is 22.2 Å². The van der Waals surface area contributed by atoms with Crippen molar-refractivity contribution in [3.63, 3.8) is 0 Å². The van der Waals surface area contributed by atoms with E-state index in [9.17, 15) is 4.79 Å². The molecule has 0 saturated carbocycles. The molecule has 3 nitrogen and oxygen atoms in total. The van der Waals surface area contributed by atoms with E-state index in [4.69, 9.17) is 4.74 Å². The lowest BCUT2D eigenvalue weighted by atomic mass is 10.4. The maximum absolute atomic E-state index is 10.4. The fraction of sp³-hybridized carbons (Fsp3) is 0.750. The zero-order valence-corrected chi connectivity index (χ0v) is 6.01. The molecule has 0 aromatic heterocycles. The van der Waals surface area contributed by atoms with Crippen LogP contribution in [0.4, 0.5) is 4.79 Å². The molecule has 4 heteroatoms. The number of rotatable bonds is 0. The summed E-state index contributed by atoms with van der Waals surface area (Å²) < 4.78 is 6.09. The number of halogens is 1. The van der Waals surface area contributed by atoms with E-state index in [-0.39, 0.29) is 12.2 Å². The molecule has 0 bridgehead atoms. The molecule has 0 aliphatic carbocycles. The van der Waals surface area contributed by atoms with Crippen molar-refractivity contribution in [3.8, 4) is 0 Å².